The standard InChI is InChI=1S/C23H25N5O/c1-16-20(19-10-6-7-11-22(19)28(16)15-23(24)29)14-25-13-18-12-21(26-27(18)2)17-8-4-3-5-9-17/h3-12,25H,13-15H2,1-2H3,(H2,24,29). The lowest BCUT2D eigenvalue weighted by Gasteiger charge is -2.07. The summed E-state index contributed by atoms with van der Waals surface area (Å²) in [4.78, 5) is 11.5. The van der Waals surface area contributed by atoms with Crippen molar-refractivity contribution in [1.29, 1.82) is 0 Å². The van der Waals surface area contributed by atoms with Crippen LogP contribution in [0.25, 0.3) is 22.2 Å². The Morgan fingerprint density at radius 2 is 1.79 bits per heavy atom. The van der Waals surface area contributed by atoms with Gasteiger partial charge in [-0.2, -0.15) is 5.10 Å². The minimum absolute atomic E-state index is 0.189. The fraction of sp³-hybridized carbons (Fsp3) is 0.217. The van der Waals surface area contributed by atoms with Crippen molar-refractivity contribution in [3.8, 4) is 11.3 Å². The monoisotopic (exact) mass is 387 g/mol. The summed E-state index contributed by atoms with van der Waals surface area (Å²) < 4.78 is 3.91. The summed E-state index contributed by atoms with van der Waals surface area (Å²) in [5, 5.41) is 9.31. The highest BCUT2D eigenvalue weighted by molar-refractivity contribution is 5.87. The van der Waals surface area contributed by atoms with Crippen molar-refractivity contribution in [2.45, 2.75) is 26.6 Å². The number of benzene rings is 2. The normalized spacial score (nSPS) is 11.2. The maximum atomic E-state index is 11.5. The van der Waals surface area contributed by atoms with Gasteiger partial charge in [-0.3, -0.25) is 9.48 Å². The predicted octanol–water partition coefficient (Wildman–Crippen LogP) is 3.13. The number of aromatic nitrogens is 3. The Bertz CT molecular complexity index is 1160. The Morgan fingerprint density at radius 1 is 1.07 bits per heavy atom. The zero-order chi connectivity index (χ0) is 20.4. The van der Waals surface area contributed by atoms with Gasteiger partial charge in [0.25, 0.3) is 0 Å². The first-order chi connectivity index (χ1) is 14.0. The van der Waals surface area contributed by atoms with Crippen LogP contribution in [0.3, 0.4) is 0 Å². The predicted molar refractivity (Wildman–Crippen MR) is 115 cm³/mol. The van der Waals surface area contributed by atoms with Gasteiger partial charge in [0.1, 0.15) is 6.54 Å². The first kappa shape index (κ1) is 19.0. The van der Waals surface area contributed by atoms with Crippen molar-refractivity contribution >= 4 is 16.8 Å². The van der Waals surface area contributed by atoms with Gasteiger partial charge in [-0.15, -0.1) is 0 Å². The van der Waals surface area contributed by atoms with E-state index >= 15 is 0 Å². The maximum absolute atomic E-state index is 11.5. The van der Waals surface area contributed by atoms with Crippen LogP contribution in [0, 0.1) is 6.92 Å². The first-order valence-electron chi connectivity index (χ1n) is 9.68. The molecule has 0 fully saturated rings. The highest BCUT2D eigenvalue weighted by atomic mass is 16.1. The SMILES string of the molecule is Cc1c(CNCc2cc(-c3ccccc3)nn2C)c2ccccc2n1CC(N)=O. The van der Waals surface area contributed by atoms with E-state index in [9.17, 15) is 4.79 Å². The summed E-state index contributed by atoms with van der Waals surface area (Å²) in [6.07, 6.45) is 0. The van der Waals surface area contributed by atoms with Gasteiger partial charge in [-0.1, -0.05) is 48.5 Å². The molecule has 0 unspecified atom stereocenters. The molecule has 0 saturated heterocycles. The van der Waals surface area contributed by atoms with Crippen molar-refractivity contribution < 1.29 is 4.79 Å². The molecule has 4 rings (SSSR count). The van der Waals surface area contributed by atoms with Crippen LogP contribution in [0.5, 0.6) is 0 Å². The largest absolute Gasteiger partial charge is 0.368 e. The van der Waals surface area contributed by atoms with Crippen molar-refractivity contribution in [3.63, 3.8) is 0 Å². The number of primary amides is 1. The average molecular weight is 387 g/mol. The van der Waals surface area contributed by atoms with Crippen LogP contribution in [-0.4, -0.2) is 20.3 Å². The highest BCUT2D eigenvalue weighted by Crippen LogP contribution is 2.26. The molecule has 0 aliphatic heterocycles. The lowest BCUT2D eigenvalue weighted by molar-refractivity contribution is -0.118. The molecule has 4 aromatic rings. The van der Waals surface area contributed by atoms with E-state index in [-0.39, 0.29) is 12.5 Å². The van der Waals surface area contributed by atoms with E-state index in [2.05, 4.69) is 34.7 Å². The molecule has 3 N–H and O–H groups in total. The average Bonchev–Trinajstić information content (AvgIpc) is 3.21. The summed E-state index contributed by atoms with van der Waals surface area (Å²) >= 11 is 0. The first-order valence-corrected chi connectivity index (χ1v) is 9.68. The number of nitrogens with one attached hydrogen (secondary N) is 1. The number of rotatable bonds is 7. The third kappa shape index (κ3) is 3.79. The molecule has 2 heterocycles. The van der Waals surface area contributed by atoms with E-state index in [1.807, 2.05) is 59.6 Å². The fourth-order valence-electron chi connectivity index (χ4n) is 3.82. The summed E-state index contributed by atoms with van der Waals surface area (Å²) in [6.45, 7) is 3.63. The van der Waals surface area contributed by atoms with Crippen LogP contribution in [0.1, 0.15) is 17.0 Å². The number of fused-ring (bicyclic) bond motifs is 1. The number of nitrogens with two attached hydrogens (primary N) is 1. The van der Waals surface area contributed by atoms with Gasteiger partial charge in [-0.05, 0) is 24.6 Å². The number of carbonyl (C=O) groups is 1. The molecule has 2 aromatic carbocycles. The molecule has 0 aliphatic rings. The van der Waals surface area contributed by atoms with Gasteiger partial charge in [0.05, 0.1) is 11.4 Å². The number of nitrogens with zero attached hydrogens (tertiary/aromatic N) is 3. The second kappa shape index (κ2) is 7.93. The Morgan fingerprint density at radius 3 is 2.55 bits per heavy atom. The van der Waals surface area contributed by atoms with E-state index in [0.717, 1.165) is 33.5 Å². The Hall–Kier alpha value is -3.38. The molecule has 0 spiro atoms. The quantitative estimate of drug-likeness (QED) is 0.511. The zero-order valence-corrected chi connectivity index (χ0v) is 16.7. The minimum Gasteiger partial charge on any atom is -0.368 e. The molecule has 29 heavy (non-hydrogen) atoms. The summed E-state index contributed by atoms with van der Waals surface area (Å²) in [5.74, 6) is -0.336. The smallest absolute Gasteiger partial charge is 0.237 e. The van der Waals surface area contributed by atoms with Crippen LogP contribution in [-0.2, 0) is 31.5 Å². The van der Waals surface area contributed by atoms with Gasteiger partial charge in [-0.25, -0.2) is 0 Å². The lowest BCUT2D eigenvalue weighted by atomic mass is 10.1. The zero-order valence-electron chi connectivity index (χ0n) is 16.7. The molecule has 0 bridgehead atoms. The summed E-state index contributed by atoms with van der Waals surface area (Å²) in [6, 6.07) is 20.4. The van der Waals surface area contributed by atoms with Crippen LogP contribution in [0.15, 0.2) is 60.7 Å². The van der Waals surface area contributed by atoms with E-state index in [0.29, 0.717) is 13.1 Å². The van der Waals surface area contributed by atoms with Crippen molar-refractivity contribution in [2.24, 2.45) is 12.8 Å². The van der Waals surface area contributed by atoms with Crippen LogP contribution in [0.2, 0.25) is 0 Å². The third-order valence-corrected chi connectivity index (χ3v) is 5.33. The summed E-state index contributed by atoms with van der Waals surface area (Å²) in [7, 11) is 1.97. The van der Waals surface area contributed by atoms with Gasteiger partial charge in [0.15, 0.2) is 0 Å². The minimum atomic E-state index is -0.336. The van der Waals surface area contributed by atoms with Gasteiger partial charge in [0, 0.05) is 42.3 Å². The molecule has 0 saturated carbocycles. The second-order valence-electron chi connectivity index (χ2n) is 7.25. The number of carbonyl (C=O) groups excluding carboxylic acids is 1. The maximum Gasteiger partial charge on any atom is 0.237 e. The van der Waals surface area contributed by atoms with Crippen molar-refractivity contribution in [1.82, 2.24) is 19.7 Å². The summed E-state index contributed by atoms with van der Waals surface area (Å²) in [5.41, 5.74) is 11.9. The van der Waals surface area contributed by atoms with E-state index in [1.54, 1.807) is 0 Å². The van der Waals surface area contributed by atoms with Crippen molar-refractivity contribution in [2.75, 3.05) is 0 Å². The number of aryl methyl sites for hydroxylation is 1. The Balaban J connectivity index is 1.53. The molecule has 148 valence electrons. The van der Waals surface area contributed by atoms with E-state index in [4.69, 9.17) is 5.73 Å². The third-order valence-electron chi connectivity index (χ3n) is 5.33. The Labute approximate surface area is 169 Å². The molecule has 6 nitrogen and oxygen atoms in total. The molecule has 0 atom stereocenters. The highest BCUT2D eigenvalue weighted by Gasteiger charge is 2.15. The fourth-order valence-corrected chi connectivity index (χ4v) is 3.82. The lowest BCUT2D eigenvalue weighted by Crippen LogP contribution is -2.20. The van der Waals surface area contributed by atoms with Gasteiger partial charge >= 0.3 is 0 Å². The molecule has 0 radical (unpaired) electrons. The number of hydrogen-bond acceptors (Lipinski definition) is 3. The second-order valence-corrected chi connectivity index (χ2v) is 7.25. The molecular formula is C23H25N5O. The molecule has 1 amide bonds. The van der Waals surface area contributed by atoms with E-state index in [1.165, 1.54) is 5.56 Å². The Kier molecular flexibility index (Phi) is 5.18. The number of amides is 1. The number of para-hydroxylation sites is 1. The van der Waals surface area contributed by atoms with Crippen LogP contribution < -0.4 is 11.1 Å². The van der Waals surface area contributed by atoms with Crippen molar-refractivity contribution in [3.05, 3.63) is 77.6 Å². The molecule has 0 aliphatic carbocycles. The number of hydrogen-bond donors (Lipinski definition) is 2. The molecular weight excluding hydrogens is 362 g/mol. The van der Waals surface area contributed by atoms with Gasteiger partial charge in [0.2, 0.25) is 5.91 Å². The van der Waals surface area contributed by atoms with E-state index < -0.39 is 0 Å². The molecule has 6 heteroatoms. The van der Waals surface area contributed by atoms with Crippen LogP contribution in [0.4, 0.5) is 0 Å². The van der Waals surface area contributed by atoms with Gasteiger partial charge < -0.3 is 15.6 Å². The molecule has 2 aromatic heterocycles. The van der Waals surface area contributed by atoms with Crippen LogP contribution >= 0.6 is 0 Å². The topological polar surface area (TPSA) is 77.9 Å².